The van der Waals surface area contributed by atoms with E-state index in [9.17, 15) is 0 Å². The molecule has 3 heteroatoms. The van der Waals surface area contributed by atoms with E-state index in [0.29, 0.717) is 6.04 Å². The van der Waals surface area contributed by atoms with Crippen molar-refractivity contribution in [3.05, 3.63) is 64.6 Å². The summed E-state index contributed by atoms with van der Waals surface area (Å²) in [5, 5.41) is 3.52. The van der Waals surface area contributed by atoms with Crippen LogP contribution in [0.3, 0.4) is 0 Å². The fraction of sp³-hybridized carbons (Fsp3) is 0.333. The molecule has 1 saturated carbocycles. The first-order valence-corrected chi connectivity index (χ1v) is 9.16. The fourth-order valence-corrected chi connectivity index (χ4v) is 4.26. The summed E-state index contributed by atoms with van der Waals surface area (Å²) >= 11 is 5.43. The lowest BCUT2D eigenvalue weighted by Gasteiger charge is -2.16. The van der Waals surface area contributed by atoms with E-state index in [1.54, 1.807) is 0 Å². The van der Waals surface area contributed by atoms with E-state index >= 15 is 0 Å². The van der Waals surface area contributed by atoms with Gasteiger partial charge in [0.1, 0.15) is 0 Å². The van der Waals surface area contributed by atoms with Crippen LogP contribution in [0.25, 0.3) is 0 Å². The van der Waals surface area contributed by atoms with E-state index in [0.717, 1.165) is 22.1 Å². The minimum atomic E-state index is 0.587. The molecular formula is C18H20BrNS. The van der Waals surface area contributed by atoms with Crippen LogP contribution in [0.2, 0.25) is 0 Å². The Hall–Kier alpha value is -0.770. The van der Waals surface area contributed by atoms with Crippen molar-refractivity contribution in [1.82, 2.24) is 5.32 Å². The third kappa shape index (κ3) is 3.91. The van der Waals surface area contributed by atoms with Crippen LogP contribution in [-0.4, -0.2) is 18.8 Å². The van der Waals surface area contributed by atoms with Crippen molar-refractivity contribution in [2.45, 2.75) is 23.3 Å². The molecule has 0 spiro atoms. The van der Waals surface area contributed by atoms with E-state index in [2.05, 4.69) is 82.9 Å². The molecule has 1 N–H and O–H groups in total. The first kappa shape index (κ1) is 15.1. The fourth-order valence-electron chi connectivity index (χ4n) is 2.88. The van der Waals surface area contributed by atoms with E-state index < -0.39 is 0 Å². The van der Waals surface area contributed by atoms with Crippen molar-refractivity contribution in [1.29, 1.82) is 0 Å². The van der Waals surface area contributed by atoms with Crippen LogP contribution in [0.5, 0.6) is 0 Å². The summed E-state index contributed by atoms with van der Waals surface area (Å²) in [4.78, 5) is 1.34. The third-order valence-electron chi connectivity index (χ3n) is 4.20. The topological polar surface area (TPSA) is 12.0 Å². The van der Waals surface area contributed by atoms with Crippen molar-refractivity contribution >= 4 is 27.7 Å². The van der Waals surface area contributed by atoms with Gasteiger partial charge in [-0.25, -0.2) is 0 Å². The number of halogens is 1. The van der Waals surface area contributed by atoms with E-state index in [1.807, 2.05) is 11.8 Å². The Morgan fingerprint density at radius 2 is 1.86 bits per heavy atom. The zero-order valence-corrected chi connectivity index (χ0v) is 14.5. The Morgan fingerprint density at radius 3 is 2.52 bits per heavy atom. The van der Waals surface area contributed by atoms with Gasteiger partial charge in [0.05, 0.1) is 0 Å². The van der Waals surface area contributed by atoms with Crippen LogP contribution in [0.1, 0.15) is 17.9 Å². The first-order valence-electron chi connectivity index (χ1n) is 7.38. The predicted octanol–water partition coefficient (Wildman–Crippen LogP) is 4.93. The molecular weight excluding hydrogens is 342 g/mol. The highest BCUT2D eigenvalue weighted by Crippen LogP contribution is 2.50. The van der Waals surface area contributed by atoms with Crippen molar-refractivity contribution in [3.8, 4) is 0 Å². The second-order valence-corrected chi connectivity index (χ2v) is 7.59. The van der Waals surface area contributed by atoms with Crippen LogP contribution in [0, 0.1) is 5.92 Å². The Labute approximate surface area is 139 Å². The third-order valence-corrected chi connectivity index (χ3v) is 5.86. The van der Waals surface area contributed by atoms with Gasteiger partial charge in [0.25, 0.3) is 0 Å². The van der Waals surface area contributed by atoms with E-state index in [4.69, 9.17) is 0 Å². The SMILES string of the molecule is CNC(CSc1ccc(Br)cc1)C1CC1c1ccccc1. The Kier molecular flexibility index (Phi) is 5.04. The number of hydrogen-bond donors (Lipinski definition) is 1. The maximum Gasteiger partial charge on any atom is 0.0193 e. The molecule has 1 nitrogen and oxygen atoms in total. The highest BCUT2D eigenvalue weighted by atomic mass is 79.9. The Morgan fingerprint density at radius 1 is 1.14 bits per heavy atom. The number of hydrogen-bond acceptors (Lipinski definition) is 2. The lowest BCUT2D eigenvalue weighted by atomic mass is 10.1. The highest BCUT2D eigenvalue weighted by molar-refractivity contribution is 9.10. The zero-order valence-electron chi connectivity index (χ0n) is 12.1. The Balaban J connectivity index is 1.56. The van der Waals surface area contributed by atoms with Gasteiger partial charge in [0.15, 0.2) is 0 Å². The van der Waals surface area contributed by atoms with E-state index in [1.165, 1.54) is 16.9 Å². The highest BCUT2D eigenvalue weighted by Gasteiger charge is 2.42. The number of thioether (sulfide) groups is 1. The molecule has 0 radical (unpaired) electrons. The van der Waals surface area contributed by atoms with Gasteiger partial charge in [0, 0.05) is 21.2 Å². The van der Waals surface area contributed by atoms with Gasteiger partial charge in [-0.2, -0.15) is 0 Å². The standard InChI is InChI=1S/C18H20BrNS/c1-20-18(12-21-15-9-7-14(19)8-10-15)17-11-16(17)13-5-3-2-4-6-13/h2-10,16-18,20H,11-12H2,1H3. The molecule has 21 heavy (non-hydrogen) atoms. The molecule has 2 aromatic rings. The van der Waals surface area contributed by atoms with Gasteiger partial charge < -0.3 is 5.32 Å². The molecule has 3 unspecified atom stereocenters. The summed E-state index contributed by atoms with van der Waals surface area (Å²) in [5.74, 6) is 2.65. The number of benzene rings is 2. The monoisotopic (exact) mass is 361 g/mol. The molecule has 3 rings (SSSR count). The van der Waals surface area contributed by atoms with Gasteiger partial charge in [-0.15, -0.1) is 11.8 Å². The molecule has 0 heterocycles. The maximum absolute atomic E-state index is 3.52. The van der Waals surface area contributed by atoms with Crippen LogP contribution in [0.15, 0.2) is 64.0 Å². The smallest absolute Gasteiger partial charge is 0.0193 e. The second-order valence-electron chi connectivity index (χ2n) is 5.58. The maximum atomic E-state index is 3.52. The summed E-state index contributed by atoms with van der Waals surface area (Å²) in [7, 11) is 2.09. The lowest BCUT2D eigenvalue weighted by Crippen LogP contribution is -2.30. The molecule has 3 atom stereocenters. The molecule has 0 amide bonds. The summed E-state index contributed by atoms with van der Waals surface area (Å²) < 4.78 is 1.14. The number of rotatable bonds is 6. The normalized spacial score (nSPS) is 22.0. The molecule has 2 aromatic carbocycles. The molecule has 110 valence electrons. The summed E-state index contributed by atoms with van der Waals surface area (Å²) in [5.41, 5.74) is 1.50. The quantitative estimate of drug-likeness (QED) is 0.731. The zero-order chi connectivity index (χ0) is 14.7. The second kappa shape index (κ2) is 6.99. The van der Waals surface area contributed by atoms with Gasteiger partial charge >= 0.3 is 0 Å². The molecule has 1 aliphatic rings. The van der Waals surface area contributed by atoms with Crippen molar-refractivity contribution in [2.24, 2.45) is 5.92 Å². The minimum absolute atomic E-state index is 0.587. The molecule has 0 saturated heterocycles. The molecule has 0 aliphatic heterocycles. The van der Waals surface area contributed by atoms with Gasteiger partial charge in [-0.05, 0) is 55.1 Å². The van der Waals surface area contributed by atoms with Crippen LogP contribution in [0.4, 0.5) is 0 Å². The first-order chi connectivity index (χ1) is 10.3. The molecule has 0 bridgehead atoms. The van der Waals surface area contributed by atoms with E-state index in [-0.39, 0.29) is 0 Å². The molecule has 0 aromatic heterocycles. The molecule has 1 fully saturated rings. The predicted molar refractivity (Wildman–Crippen MR) is 95.0 cm³/mol. The largest absolute Gasteiger partial charge is 0.316 e. The summed E-state index contributed by atoms with van der Waals surface area (Å²) in [6.07, 6.45) is 1.32. The average molecular weight is 362 g/mol. The molecule has 1 aliphatic carbocycles. The average Bonchev–Trinajstić information content (AvgIpc) is 3.31. The van der Waals surface area contributed by atoms with Gasteiger partial charge in [-0.3, -0.25) is 0 Å². The Bertz CT molecular complexity index is 570. The van der Waals surface area contributed by atoms with Crippen molar-refractivity contribution < 1.29 is 0 Å². The van der Waals surface area contributed by atoms with Gasteiger partial charge in [0.2, 0.25) is 0 Å². The summed E-state index contributed by atoms with van der Waals surface area (Å²) in [6.45, 7) is 0. The number of nitrogens with one attached hydrogen (secondary N) is 1. The van der Waals surface area contributed by atoms with Crippen LogP contribution < -0.4 is 5.32 Å². The van der Waals surface area contributed by atoms with Crippen molar-refractivity contribution in [2.75, 3.05) is 12.8 Å². The summed E-state index contributed by atoms with van der Waals surface area (Å²) in [6, 6.07) is 20.1. The van der Waals surface area contributed by atoms with Crippen molar-refractivity contribution in [3.63, 3.8) is 0 Å². The lowest BCUT2D eigenvalue weighted by molar-refractivity contribution is 0.542. The van der Waals surface area contributed by atoms with Gasteiger partial charge in [-0.1, -0.05) is 46.3 Å². The van der Waals surface area contributed by atoms with Crippen LogP contribution >= 0.6 is 27.7 Å². The minimum Gasteiger partial charge on any atom is -0.316 e. The van der Waals surface area contributed by atoms with Crippen LogP contribution in [-0.2, 0) is 0 Å².